The summed E-state index contributed by atoms with van der Waals surface area (Å²) in [6.45, 7) is 2.09. The molecule has 0 saturated carbocycles. The second-order valence-electron chi connectivity index (χ2n) is 3.09. The van der Waals surface area contributed by atoms with Crippen molar-refractivity contribution in [3.8, 4) is 0 Å². The predicted molar refractivity (Wildman–Crippen MR) is 55.2 cm³/mol. The Morgan fingerprint density at radius 1 is 1.62 bits per heavy atom. The monoisotopic (exact) mass is 217 g/mol. The molecule has 70 valence electrons. The third kappa shape index (κ3) is 1.63. The first-order valence-electron chi connectivity index (χ1n) is 4.06. The van der Waals surface area contributed by atoms with Gasteiger partial charge in [-0.2, -0.15) is 0 Å². The van der Waals surface area contributed by atoms with Crippen LogP contribution in [-0.4, -0.2) is 11.8 Å². The molecular formula is C9H9ClFNS. The first-order valence-corrected chi connectivity index (χ1v) is 5.42. The number of rotatable bonds is 0. The van der Waals surface area contributed by atoms with Crippen LogP contribution in [0.25, 0.3) is 0 Å². The highest BCUT2D eigenvalue weighted by Crippen LogP contribution is 2.39. The highest BCUT2D eigenvalue weighted by Gasteiger charge is 2.18. The molecule has 0 amide bonds. The lowest BCUT2D eigenvalue weighted by atomic mass is 10.2. The van der Waals surface area contributed by atoms with Crippen LogP contribution in [0.5, 0.6) is 0 Å². The summed E-state index contributed by atoms with van der Waals surface area (Å²) in [5.41, 5.74) is 0.940. The summed E-state index contributed by atoms with van der Waals surface area (Å²) in [6, 6.07) is 3.55. The summed E-state index contributed by atoms with van der Waals surface area (Å²) in [5.74, 6) is 0.583. The SMILES string of the molecule is CC1CSc2c(ccc(F)c2Cl)N1. The molecule has 4 heteroatoms. The quantitative estimate of drug-likeness (QED) is 0.715. The van der Waals surface area contributed by atoms with Gasteiger partial charge in [0.2, 0.25) is 0 Å². The standard InChI is InChI=1S/C9H9ClFNS/c1-5-4-13-9-7(12-5)3-2-6(11)8(9)10/h2-3,5,12H,4H2,1H3. The highest BCUT2D eigenvalue weighted by molar-refractivity contribution is 7.99. The van der Waals surface area contributed by atoms with Crippen LogP contribution in [0.1, 0.15) is 6.92 Å². The topological polar surface area (TPSA) is 12.0 Å². The molecule has 1 aliphatic heterocycles. The van der Waals surface area contributed by atoms with E-state index in [0.717, 1.165) is 16.3 Å². The number of thioether (sulfide) groups is 1. The molecule has 1 aromatic carbocycles. The zero-order chi connectivity index (χ0) is 9.42. The van der Waals surface area contributed by atoms with E-state index in [9.17, 15) is 4.39 Å². The lowest BCUT2D eigenvalue weighted by Crippen LogP contribution is -2.22. The fourth-order valence-corrected chi connectivity index (χ4v) is 2.64. The van der Waals surface area contributed by atoms with E-state index in [2.05, 4.69) is 12.2 Å². The molecular weight excluding hydrogens is 209 g/mol. The van der Waals surface area contributed by atoms with Crippen LogP contribution in [0, 0.1) is 5.82 Å². The molecule has 1 unspecified atom stereocenters. The summed E-state index contributed by atoms with van der Waals surface area (Å²) >= 11 is 7.43. The number of anilines is 1. The molecule has 1 aromatic rings. The van der Waals surface area contributed by atoms with E-state index in [4.69, 9.17) is 11.6 Å². The molecule has 1 heterocycles. The summed E-state index contributed by atoms with van der Waals surface area (Å²) in [6.07, 6.45) is 0. The molecule has 1 N–H and O–H groups in total. The summed E-state index contributed by atoms with van der Waals surface area (Å²) in [7, 11) is 0. The van der Waals surface area contributed by atoms with Gasteiger partial charge in [-0.25, -0.2) is 4.39 Å². The minimum absolute atomic E-state index is 0.238. The first-order chi connectivity index (χ1) is 6.18. The second-order valence-corrected chi connectivity index (χ2v) is 4.50. The van der Waals surface area contributed by atoms with Crippen molar-refractivity contribution in [2.75, 3.05) is 11.1 Å². The van der Waals surface area contributed by atoms with Gasteiger partial charge in [-0.1, -0.05) is 11.6 Å². The molecule has 0 aromatic heterocycles. The van der Waals surface area contributed by atoms with Gasteiger partial charge in [-0.15, -0.1) is 11.8 Å². The van der Waals surface area contributed by atoms with Gasteiger partial charge < -0.3 is 5.32 Å². The third-order valence-corrected chi connectivity index (χ3v) is 3.79. The molecule has 1 nitrogen and oxygen atoms in total. The van der Waals surface area contributed by atoms with Gasteiger partial charge in [-0.3, -0.25) is 0 Å². The Labute approximate surface area is 85.7 Å². The lowest BCUT2D eigenvalue weighted by molar-refractivity contribution is 0.624. The summed E-state index contributed by atoms with van der Waals surface area (Å²) < 4.78 is 13.0. The van der Waals surface area contributed by atoms with Gasteiger partial charge in [0.25, 0.3) is 0 Å². The Morgan fingerprint density at radius 2 is 2.38 bits per heavy atom. The predicted octanol–water partition coefficient (Wildman–Crippen LogP) is 3.39. The summed E-state index contributed by atoms with van der Waals surface area (Å²) in [4.78, 5) is 0.833. The molecule has 0 radical (unpaired) electrons. The first kappa shape index (κ1) is 9.16. The van der Waals surface area contributed by atoms with Crippen molar-refractivity contribution in [2.45, 2.75) is 17.9 Å². The van der Waals surface area contributed by atoms with Gasteiger partial charge in [0.05, 0.1) is 9.92 Å². The van der Waals surface area contributed by atoms with Crippen LogP contribution in [0.3, 0.4) is 0 Å². The van der Waals surface area contributed by atoms with Crippen LogP contribution < -0.4 is 5.32 Å². The van der Waals surface area contributed by atoms with Crippen LogP contribution in [0.4, 0.5) is 10.1 Å². The molecule has 1 atom stereocenters. The molecule has 13 heavy (non-hydrogen) atoms. The fraction of sp³-hybridized carbons (Fsp3) is 0.333. The number of benzene rings is 1. The van der Waals surface area contributed by atoms with Crippen LogP contribution in [0.15, 0.2) is 17.0 Å². The molecule has 0 saturated heterocycles. The van der Waals surface area contributed by atoms with Crippen molar-refractivity contribution in [1.82, 2.24) is 0 Å². The van der Waals surface area contributed by atoms with Crippen LogP contribution >= 0.6 is 23.4 Å². The number of hydrogen-bond acceptors (Lipinski definition) is 2. The Balaban J connectivity index is 2.47. The van der Waals surface area contributed by atoms with E-state index in [1.807, 2.05) is 0 Å². The number of hydrogen-bond donors (Lipinski definition) is 1. The normalized spacial score (nSPS) is 20.7. The molecule has 0 fully saturated rings. The Morgan fingerprint density at radius 3 is 3.15 bits per heavy atom. The molecule has 1 aliphatic rings. The average Bonchev–Trinajstić information content (AvgIpc) is 2.12. The van der Waals surface area contributed by atoms with Gasteiger partial charge in [0.15, 0.2) is 0 Å². The molecule has 0 aliphatic carbocycles. The molecule has 0 spiro atoms. The van der Waals surface area contributed by atoms with E-state index >= 15 is 0 Å². The fourth-order valence-electron chi connectivity index (χ4n) is 1.30. The van der Waals surface area contributed by atoms with E-state index in [1.54, 1.807) is 17.8 Å². The largest absolute Gasteiger partial charge is 0.381 e. The number of nitrogens with one attached hydrogen (secondary N) is 1. The second kappa shape index (κ2) is 3.39. The smallest absolute Gasteiger partial charge is 0.143 e. The minimum atomic E-state index is -0.343. The molecule has 2 rings (SSSR count). The van der Waals surface area contributed by atoms with Crippen LogP contribution in [0.2, 0.25) is 5.02 Å². The Bertz CT molecular complexity index is 343. The van der Waals surface area contributed by atoms with Crippen molar-refractivity contribution in [1.29, 1.82) is 0 Å². The van der Waals surface area contributed by atoms with Gasteiger partial charge >= 0.3 is 0 Å². The average molecular weight is 218 g/mol. The van der Waals surface area contributed by atoms with Gasteiger partial charge in [0.1, 0.15) is 5.82 Å². The van der Waals surface area contributed by atoms with Gasteiger partial charge in [-0.05, 0) is 19.1 Å². The van der Waals surface area contributed by atoms with Crippen molar-refractivity contribution >= 4 is 29.1 Å². The Hall–Kier alpha value is -0.410. The maximum atomic E-state index is 13.0. The van der Waals surface area contributed by atoms with Gasteiger partial charge in [0, 0.05) is 17.5 Å². The molecule has 0 bridgehead atoms. The van der Waals surface area contributed by atoms with Crippen molar-refractivity contribution < 1.29 is 4.39 Å². The zero-order valence-corrected chi connectivity index (χ0v) is 8.68. The van der Waals surface area contributed by atoms with Crippen molar-refractivity contribution in [3.05, 3.63) is 23.0 Å². The van der Waals surface area contributed by atoms with Crippen LogP contribution in [-0.2, 0) is 0 Å². The van der Waals surface area contributed by atoms with Crippen molar-refractivity contribution in [3.63, 3.8) is 0 Å². The van der Waals surface area contributed by atoms with E-state index in [1.165, 1.54) is 6.07 Å². The zero-order valence-electron chi connectivity index (χ0n) is 7.10. The minimum Gasteiger partial charge on any atom is -0.381 e. The number of fused-ring (bicyclic) bond motifs is 1. The van der Waals surface area contributed by atoms with E-state index in [0.29, 0.717) is 6.04 Å². The van der Waals surface area contributed by atoms with E-state index < -0.39 is 0 Å². The summed E-state index contributed by atoms with van der Waals surface area (Å²) in [5, 5.41) is 3.49. The number of halogens is 2. The maximum absolute atomic E-state index is 13.0. The van der Waals surface area contributed by atoms with Crippen molar-refractivity contribution in [2.24, 2.45) is 0 Å². The highest BCUT2D eigenvalue weighted by atomic mass is 35.5. The lowest BCUT2D eigenvalue weighted by Gasteiger charge is -2.24. The maximum Gasteiger partial charge on any atom is 0.143 e. The van der Waals surface area contributed by atoms with E-state index in [-0.39, 0.29) is 10.8 Å². The third-order valence-electron chi connectivity index (χ3n) is 1.93. The Kier molecular flexibility index (Phi) is 2.39.